The van der Waals surface area contributed by atoms with Crippen molar-refractivity contribution in [2.75, 3.05) is 26.2 Å². The minimum absolute atomic E-state index is 0.0296. The molecule has 2 aromatic rings. The first-order chi connectivity index (χ1) is 11.3. The van der Waals surface area contributed by atoms with Gasteiger partial charge in [-0.25, -0.2) is 4.98 Å². The van der Waals surface area contributed by atoms with E-state index in [1.54, 1.807) is 11.3 Å². The molecule has 0 bridgehead atoms. The molecule has 1 saturated heterocycles. The highest BCUT2D eigenvalue weighted by Crippen LogP contribution is 2.10. The second-order valence-electron chi connectivity index (χ2n) is 5.60. The number of rotatable bonds is 6. The summed E-state index contributed by atoms with van der Waals surface area (Å²) >= 11 is 1.57. The van der Waals surface area contributed by atoms with Crippen LogP contribution in [0.3, 0.4) is 0 Å². The Kier molecular flexibility index (Phi) is 5.74. The van der Waals surface area contributed by atoms with E-state index in [0.29, 0.717) is 19.7 Å². The molecule has 1 aromatic carbocycles. The topological polar surface area (TPSA) is 54.5 Å². The number of nitrogens with one attached hydrogen (secondary N) is 1. The molecule has 1 N–H and O–H groups in total. The van der Waals surface area contributed by atoms with Crippen LogP contribution >= 0.6 is 11.3 Å². The number of aromatic nitrogens is 1. The molecule has 3 rings (SSSR count). The standard InChI is InChI=1S/C17H21N3O2S/c21-17(18-7-6-15-12-23-13-19-15)16-11-20(8-9-22-16)10-14-4-2-1-3-5-14/h1-5,12-13,16H,6-11H2,(H,18,21)/t16-/m1/s1. The van der Waals surface area contributed by atoms with E-state index in [-0.39, 0.29) is 12.0 Å². The molecule has 0 radical (unpaired) electrons. The van der Waals surface area contributed by atoms with Crippen molar-refractivity contribution in [3.63, 3.8) is 0 Å². The van der Waals surface area contributed by atoms with E-state index in [1.807, 2.05) is 29.1 Å². The molecule has 0 saturated carbocycles. The van der Waals surface area contributed by atoms with Crippen LogP contribution in [0.25, 0.3) is 0 Å². The zero-order chi connectivity index (χ0) is 15.9. The van der Waals surface area contributed by atoms with Crippen LogP contribution in [0, 0.1) is 0 Å². The highest BCUT2D eigenvalue weighted by molar-refractivity contribution is 7.07. The van der Waals surface area contributed by atoms with Crippen LogP contribution in [-0.4, -0.2) is 48.1 Å². The molecular weight excluding hydrogens is 310 g/mol. The third-order valence-electron chi connectivity index (χ3n) is 3.86. The maximum atomic E-state index is 12.2. The quantitative estimate of drug-likeness (QED) is 0.875. The molecule has 0 aliphatic carbocycles. The molecule has 0 unspecified atom stereocenters. The summed E-state index contributed by atoms with van der Waals surface area (Å²) in [5.74, 6) is -0.0296. The van der Waals surface area contributed by atoms with Gasteiger partial charge < -0.3 is 10.1 Å². The number of amides is 1. The summed E-state index contributed by atoms with van der Waals surface area (Å²) in [4.78, 5) is 18.7. The van der Waals surface area contributed by atoms with Crippen molar-refractivity contribution < 1.29 is 9.53 Å². The minimum atomic E-state index is -0.386. The van der Waals surface area contributed by atoms with Crippen LogP contribution in [0.5, 0.6) is 0 Å². The van der Waals surface area contributed by atoms with Gasteiger partial charge in [-0.1, -0.05) is 30.3 Å². The monoisotopic (exact) mass is 331 g/mol. The fourth-order valence-electron chi connectivity index (χ4n) is 2.63. The lowest BCUT2D eigenvalue weighted by Crippen LogP contribution is -2.49. The number of carbonyl (C=O) groups excluding carboxylic acids is 1. The van der Waals surface area contributed by atoms with E-state index < -0.39 is 0 Å². The van der Waals surface area contributed by atoms with E-state index in [2.05, 4.69) is 27.3 Å². The third-order valence-corrected chi connectivity index (χ3v) is 4.49. The Balaban J connectivity index is 1.44. The van der Waals surface area contributed by atoms with Crippen molar-refractivity contribution in [3.8, 4) is 0 Å². The Labute approximate surface area is 140 Å². The van der Waals surface area contributed by atoms with Crippen molar-refractivity contribution in [3.05, 3.63) is 52.5 Å². The molecule has 1 aliphatic heterocycles. The maximum absolute atomic E-state index is 12.2. The first kappa shape index (κ1) is 16.1. The first-order valence-electron chi connectivity index (χ1n) is 7.84. The lowest BCUT2D eigenvalue weighted by Gasteiger charge is -2.32. The lowest BCUT2D eigenvalue weighted by molar-refractivity contribution is -0.138. The van der Waals surface area contributed by atoms with Crippen LogP contribution in [-0.2, 0) is 22.5 Å². The zero-order valence-electron chi connectivity index (χ0n) is 13.0. The van der Waals surface area contributed by atoms with Gasteiger partial charge in [0, 0.05) is 38.0 Å². The summed E-state index contributed by atoms with van der Waals surface area (Å²) in [6, 6.07) is 10.3. The number of hydrogen-bond acceptors (Lipinski definition) is 5. The molecular formula is C17H21N3O2S. The Morgan fingerprint density at radius 1 is 1.39 bits per heavy atom. The van der Waals surface area contributed by atoms with Gasteiger partial charge in [0.05, 0.1) is 17.8 Å². The van der Waals surface area contributed by atoms with Gasteiger partial charge in [-0.05, 0) is 5.56 Å². The molecule has 1 amide bonds. The molecule has 2 heterocycles. The molecule has 0 spiro atoms. The van der Waals surface area contributed by atoms with E-state index in [0.717, 1.165) is 25.2 Å². The summed E-state index contributed by atoms with van der Waals surface area (Å²) in [5.41, 5.74) is 4.09. The number of morpholine rings is 1. The SMILES string of the molecule is O=C(NCCc1cscn1)[C@H]1CN(Cc2ccccc2)CCO1. The van der Waals surface area contributed by atoms with E-state index in [4.69, 9.17) is 4.74 Å². The number of hydrogen-bond donors (Lipinski definition) is 1. The number of carbonyl (C=O) groups is 1. The van der Waals surface area contributed by atoms with Gasteiger partial charge in [0.15, 0.2) is 0 Å². The van der Waals surface area contributed by atoms with Gasteiger partial charge in [-0.2, -0.15) is 0 Å². The van der Waals surface area contributed by atoms with Gasteiger partial charge in [-0.3, -0.25) is 9.69 Å². The van der Waals surface area contributed by atoms with Crippen LogP contribution in [0.2, 0.25) is 0 Å². The van der Waals surface area contributed by atoms with Gasteiger partial charge in [0.2, 0.25) is 5.91 Å². The van der Waals surface area contributed by atoms with Crippen molar-refractivity contribution in [1.82, 2.24) is 15.2 Å². The molecule has 1 fully saturated rings. The minimum Gasteiger partial charge on any atom is -0.366 e. The first-order valence-corrected chi connectivity index (χ1v) is 8.78. The second-order valence-corrected chi connectivity index (χ2v) is 6.32. The van der Waals surface area contributed by atoms with Crippen molar-refractivity contribution in [1.29, 1.82) is 0 Å². The van der Waals surface area contributed by atoms with E-state index >= 15 is 0 Å². The van der Waals surface area contributed by atoms with Crippen LogP contribution < -0.4 is 5.32 Å². The average Bonchev–Trinajstić information content (AvgIpc) is 3.09. The molecule has 122 valence electrons. The summed E-state index contributed by atoms with van der Waals surface area (Å²) in [7, 11) is 0. The third kappa shape index (κ3) is 4.86. The number of ether oxygens (including phenoxy) is 1. The molecule has 23 heavy (non-hydrogen) atoms. The van der Waals surface area contributed by atoms with Gasteiger partial charge in [0.1, 0.15) is 6.10 Å². The second kappa shape index (κ2) is 8.19. The highest BCUT2D eigenvalue weighted by Gasteiger charge is 2.26. The Bertz CT molecular complexity index is 604. The van der Waals surface area contributed by atoms with Crippen molar-refractivity contribution in [2.45, 2.75) is 19.1 Å². The number of benzene rings is 1. The zero-order valence-corrected chi connectivity index (χ0v) is 13.8. The predicted octanol–water partition coefficient (Wildman–Crippen LogP) is 1.70. The summed E-state index contributed by atoms with van der Waals surface area (Å²) in [6.07, 6.45) is 0.373. The Morgan fingerprint density at radius 3 is 3.04 bits per heavy atom. The average molecular weight is 331 g/mol. The molecule has 6 heteroatoms. The molecule has 1 aliphatic rings. The summed E-state index contributed by atoms with van der Waals surface area (Å²) < 4.78 is 5.63. The Morgan fingerprint density at radius 2 is 2.26 bits per heavy atom. The smallest absolute Gasteiger partial charge is 0.250 e. The summed E-state index contributed by atoms with van der Waals surface area (Å²) in [5, 5.41) is 4.95. The lowest BCUT2D eigenvalue weighted by atomic mass is 10.2. The van der Waals surface area contributed by atoms with Crippen molar-refractivity contribution >= 4 is 17.2 Å². The van der Waals surface area contributed by atoms with Crippen LogP contribution in [0.4, 0.5) is 0 Å². The fourth-order valence-corrected chi connectivity index (χ4v) is 3.23. The van der Waals surface area contributed by atoms with Crippen LogP contribution in [0.15, 0.2) is 41.2 Å². The summed E-state index contributed by atoms with van der Waals surface area (Å²) in [6.45, 7) is 3.54. The molecule has 1 aromatic heterocycles. The number of nitrogens with zero attached hydrogens (tertiary/aromatic N) is 2. The van der Waals surface area contributed by atoms with Crippen LogP contribution in [0.1, 0.15) is 11.3 Å². The van der Waals surface area contributed by atoms with Gasteiger partial charge >= 0.3 is 0 Å². The maximum Gasteiger partial charge on any atom is 0.250 e. The number of thiazole rings is 1. The molecule has 1 atom stereocenters. The Hall–Kier alpha value is -1.76. The van der Waals surface area contributed by atoms with E-state index in [1.165, 1.54) is 5.56 Å². The highest BCUT2D eigenvalue weighted by atomic mass is 32.1. The molecule has 5 nitrogen and oxygen atoms in total. The van der Waals surface area contributed by atoms with Gasteiger partial charge in [-0.15, -0.1) is 11.3 Å². The predicted molar refractivity (Wildman–Crippen MR) is 90.3 cm³/mol. The van der Waals surface area contributed by atoms with Crippen molar-refractivity contribution in [2.24, 2.45) is 0 Å². The van der Waals surface area contributed by atoms with E-state index in [9.17, 15) is 4.79 Å². The van der Waals surface area contributed by atoms with Gasteiger partial charge in [0.25, 0.3) is 0 Å². The fraction of sp³-hybridized carbons (Fsp3) is 0.412. The largest absolute Gasteiger partial charge is 0.366 e. The normalized spacial score (nSPS) is 18.7.